The molecule has 150 valence electrons. The van der Waals surface area contributed by atoms with Crippen molar-refractivity contribution in [3.05, 3.63) is 23.2 Å². The zero-order chi connectivity index (χ0) is 19.4. The number of hydrogen-bond donors (Lipinski definition) is 3. The number of aliphatic hydroxyl groups excluding tert-OH is 1. The van der Waals surface area contributed by atoms with E-state index < -0.39 is 6.23 Å². The Hall–Kier alpha value is -1.54. The van der Waals surface area contributed by atoms with E-state index >= 15 is 0 Å². The number of aliphatic hydroxyl groups is 1. The van der Waals surface area contributed by atoms with Gasteiger partial charge in [0, 0.05) is 45.3 Å². The summed E-state index contributed by atoms with van der Waals surface area (Å²) >= 11 is 6.47. The summed E-state index contributed by atoms with van der Waals surface area (Å²) in [5, 5.41) is 16.4. The standard InChI is InChI=1S/C19H28ClN3O4/c1-26-19(27-2)12-7-9-23(10-8-12)13-3-4-15(14(20)11-13)21-16-5-6-17(24)22-18(16)25/h3-4,11-12,16,18-19,21,25H,5-10H2,1-2H3,(H,22,24). The van der Waals surface area contributed by atoms with E-state index in [4.69, 9.17) is 21.1 Å². The molecule has 0 radical (unpaired) electrons. The lowest BCUT2D eigenvalue weighted by Crippen LogP contribution is -2.51. The number of methoxy groups -OCH3 is 2. The van der Waals surface area contributed by atoms with Crippen LogP contribution in [0.2, 0.25) is 5.02 Å². The van der Waals surface area contributed by atoms with Crippen molar-refractivity contribution >= 4 is 28.9 Å². The van der Waals surface area contributed by atoms with Gasteiger partial charge in [-0.2, -0.15) is 0 Å². The number of benzene rings is 1. The van der Waals surface area contributed by atoms with Crippen LogP contribution in [0.3, 0.4) is 0 Å². The molecule has 27 heavy (non-hydrogen) atoms. The Morgan fingerprint density at radius 2 is 1.96 bits per heavy atom. The van der Waals surface area contributed by atoms with Gasteiger partial charge in [-0.3, -0.25) is 4.79 Å². The van der Waals surface area contributed by atoms with Crippen molar-refractivity contribution in [3.8, 4) is 0 Å². The van der Waals surface area contributed by atoms with Gasteiger partial charge in [-0.15, -0.1) is 0 Å². The average Bonchev–Trinajstić information content (AvgIpc) is 2.67. The van der Waals surface area contributed by atoms with Crippen molar-refractivity contribution in [1.82, 2.24) is 5.32 Å². The van der Waals surface area contributed by atoms with Crippen LogP contribution in [0.15, 0.2) is 18.2 Å². The van der Waals surface area contributed by atoms with Gasteiger partial charge in [0.25, 0.3) is 0 Å². The van der Waals surface area contributed by atoms with E-state index in [-0.39, 0.29) is 18.2 Å². The predicted molar refractivity (Wildman–Crippen MR) is 105 cm³/mol. The third kappa shape index (κ3) is 4.85. The number of carbonyl (C=O) groups is 1. The van der Waals surface area contributed by atoms with Gasteiger partial charge in [-0.25, -0.2) is 0 Å². The van der Waals surface area contributed by atoms with Crippen LogP contribution < -0.4 is 15.5 Å². The number of piperidine rings is 2. The molecule has 7 nitrogen and oxygen atoms in total. The highest BCUT2D eigenvalue weighted by molar-refractivity contribution is 6.33. The summed E-state index contributed by atoms with van der Waals surface area (Å²) in [6.07, 6.45) is 1.90. The van der Waals surface area contributed by atoms with Gasteiger partial charge in [0.1, 0.15) is 6.23 Å². The van der Waals surface area contributed by atoms with Crippen LogP contribution >= 0.6 is 11.6 Å². The highest BCUT2D eigenvalue weighted by Gasteiger charge is 2.28. The molecule has 2 fully saturated rings. The maximum atomic E-state index is 11.3. The summed E-state index contributed by atoms with van der Waals surface area (Å²) in [5.41, 5.74) is 1.84. The van der Waals surface area contributed by atoms with Crippen molar-refractivity contribution in [2.45, 2.75) is 44.2 Å². The first-order valence-electron chi connectivity index (χ1n) is 9.36. The molecule has 8 heteroatoms. The normalized spacial score (nSPS) is 24.2. The molecular formula is C19H28ClN3O4. The topological polar surface area (TPSA) is 83.1 Å². The molecule has 0 bridgehead atoms. The lowest BCUT2D eigenvalue weighted by Gasteiger charge is -2.36. The van der Waals surface area contributed by atoms with Crippen LogP contribution in [0.4, 0.5) is 11.4 Å². The van der Waals surface area contributed by atoms with Crippen molar-refractivity contribution in [3.63, 3.8) is 0 Å². The van der Waals surface area contributed by atoms with Crippen LogP contribution in [0.25, 0.3) is 0 Å². The number of halogens is 1. The molecule has 2 saturated heterocycles. The summed E-state index contributed by atoms with van der Waals surface area (Å²) < 4.78 is 10.8. The third-order valence-corrected chi connectivity index (χ3v) is 5.73. The van der Waals surface area contributed by atoms with Gasteiger partial charge >= 0.3 is 0 Å². The summed E-state index contributed by atoms with van der Waals surface area (Å²) in [6, 6.07) is 5.66. The molecule has 3 rings (SSSR count). The highest BCUT2D eigenvalue weighted by Crippen LogP contribution is 2.32. The lowest BCUT2D eigenvalue weighted by molar-refractivity contribution is -0.141. The molecule has 2 aliphatic heterocycles. The Bertz CT molecular complexity index is 648. The molecule has 2 heterocycles. The number of anilines is 2. The number of ether oxygens (including phenoxy) is 2. The summed E-state index contributed by atoms with van der Waals surface area (Å²) in [7, 11) is 3.36. The molecule has 3 N–H and O–H groups in total. The van der Waals surface area contributed by atoms with Gasteiger partial charge in [0.05, 0.1) is 16.8 Å². The second-order valence-electron chi connectivity index (χ2n) is 7.13. The Morgan fingerprint density at radius 1 is 1.26 bits per heavy atom. The zero-order valence-corrected chi connectivity index (χ0v) is 16.5. The molecule has 0 aliphatic carbocycles. The van der Waals surface area contributed by atoms with Gasteiger partial charge in [0.2, 0.25) is 5.91 Å². The summed E-state index contributed by atoms with van der Waals surface area (Å²) in [4.78, 5) is 13.6. The van der Waals surface area contributed by atoms with E-state index in [2.05, 4.69) is 15.5 Å². The minimum absolute atomic E-state index is 0.130. The summed E-state index contributed by atoms with van der Waals surface area (Å²) in [5.74, 6) is 0.269. The number of carbonyl (C=O) groups excluding carboxylic acids is 1. The Labute approximate surface area is 165 Å². The van der Waals surface area contributed by atoms with Crippen LogP contribution in [0.5, 0.6) is 0 Å². The molecule has 2 atom stereocenters. The molecule has 1 aromatic carbocycles. The first-order chi connectivity index (χ1) is 13.0. The lowest BCUT2D eigenvalue weighted by atomic mass is 9.95. The molecule has 0 saturated carbocycles. The Kier molecular flexibility index (Phi) is 6.81. The van der Waals surface area contributed by atoms with E-state index in [0.717, 1.165) is 37.3 Å². The van der Waals surface area contributed by atoms with Gasteiger partial charge in [-0.1, -0.05) is 11.6 Å². The average molecular weight is 398 g/mol. The summed E-state index contributed by atoms with van der Waals surface area (Å²) in [6.45, 7) is 1.84. The quantitative estimate of drug-likeness (QED) is 0.638. The Morgan fingerprint density at radius 3 is 2.56 bits per heavy atom. The van der Waals surface area contributed by atoms with Crippen molar-refractivity contribution in [2.24, 2.45) is 5.92 Å². The fourth-order valence-electron chi connectivity index (χ4n) is 3.86. The van der Waals surface area contributed by atoms with Crippen molar-refractivity contribution in [2.75, 3.05) is 37.5 Å². The maximum Gasteiger partial charge on any atom is 0.222 e. The number of nitrogens with zero attached hydrogens (tertiary/aromatic N) is 1. The van der Waals surface area contributed by atoms with Crippen LogP contribution in [-0.4, -0.2) is 56.9 Å². The molecule has 2 aliphatic rings. The second-order valence-corrected chi connectivity index (χ2v) is 7.54. The largest absolute Gasteiger partial charge is 0.377 e. The van der Waals surface area contributed by atoms with Gasteiger partial charge in [0.15, 0.2) is 6.29 Å². The van der Waals surface area contributed by atoms with E-state index in [9.17, 15) is 9.90 Å². The fraction of sp³-hybridized carbons (Fsp3) is 0.632. The third-order valence-electron chi connectivity index (χ3n) is 5.42. The van der Waals surface area contributed by atoms with E-state index in [0.29, 0.717) is 23.8 Å². The molecule has 1 amide bonds. The smallest absolute Gasteiger partial charge is 0.222 e. The van der Waals surface area contributed by atoms with E-state index in [1.165, 1.54) is 0 Å². The molecule has 2 unspecified atom stereocenters. The van der Waals surface area contributed by atoms with Gasteiger partial charge < -0.3 is 30.1 Å². The Balaban J connectivity index is 1.59. The van der Waals surface area contributed by atoms with Crippen LogP contribution in [0.1, 0.15) is 25.7 Å². The van der Waals surface area contributed by atoms with E-state index in [1.807, 2.05) is 18.2 Å². The SMILES string of the molecule is COC(OC)C1CCN(c2ccc(NC3CCC(=O)NC3O)c(Cl)c2)CC1. The predicted octanol–water partition coefficient (Wildman–Crippen LogP) is 2.18. The highest BCUT2D eigenvalue weighted by atomic mass is 35.5. The minimum Gasteiger partial charge on any atom is -0.377 e. The second kappa shape index (κ2) is 9.10. The number of rotatable bonds is 6. The van der Waals surface area contributed by atoms with E-state index in [1.54, 1.807) is 14.2 Å². The molecule has 0 spiro atoms. The minimum atomic E-state index is -0.907. The molecule has 1 aromatic rings. The van der Waals surface area contributed by atoms with Crippen molar-refractivity contribution < 1.29 is 19.4 Å². The molecular weight excluding hydrogens is 370 g/mol. The number of nitrogens with one attached hydrogen (secondary N) is 2. The first kappa shape index (κ1) is 20.2. The number of amides is 1. The monoisotopic (exact) mass is 397 g/mol. The molecule has 0 aromatic heterocycles. The maximum absolute atomic E-state index is 11.3. The van der Waals surface area contributed by atoms with Crippen LogP contribution in [-0.2, 0) is 14.3 Å². The zero-order valence-electron chi connectivity index (χ0n) is 15.8. The van der Waals surface area contributed by atoms with Crippen LogP contribution in [0, 0.1) is 5.92 Å². The van der Waals surface area contributed by atoms with Gasteiger partial charge in [-0.05, 0) is 37.5 Å². The first-order valence-corrected chi connectivity index (χ1v) is 9.73. The number of hydrogen-bond acceptors (Lipinski definition) is 6. The fourth-order valence-corrected chi connectivity index (χ4v) is 4.09. The van der Waals surface area contributed by atoms with Crippen molar-refractivity contribution in [1.29, 1.82) is 0 Å².